The van der Waals surface area contributed by atoms with Crippen LogP contribution in [0.5, 0.6) is 0 Å². The van der Waals surface area contributed by atoms with E-state index >= 15 is 0 Å². The third-order valence-electron chi connectivity index (χ3n) is 2.82. The lowest BCUT2D eigenvalue weighted by Crippen LogP contribution is -2.22. The number of nitrogens with two attached hydrogens (primary N) is 1. The quantitative estimate of drug-likeness (QED) is 0.832. The van der Waals surface area contributed by atoms with Crippen molar-refractivity contribution in [1.82, 2.24) is 4.98 Å². The second-order valence-electron chi connectivity index (χ2n) is 4.22. The maximum Gasteiger partial charge on any atom is 0.280 e. The molecule has 1 heterocycles. The van der Waals surface area contributed by atoms with Crippen molar-refractivity contribution in [1.29, 1.82) is 0 Å². The summed E-state index contributed by atoms with van der Waals surface area (Å²) < 4.78 is 24.7. The number of pyridine rings is 1. The normalized spacial score (nSPS) is 18.1. The van der Waals surface area contributed by atoms with Gasteiger partial charge in [0.1, 0.15) is 5.69 Å². The van der Waals surface area contributed by atoms with E-state index in [1.165, 1.54) is 6.07 Å². The Morgan fingerprint density at radius 1 is 1.40 bits per heavy atom. The van der Waals surface area contributed by atoms with Crippen molar-refractivity contribution in [3.8, 4) is 0 Å². The number of halogens is 2. The summed E-state index contributed by atoms with van der Waals surface area (Å²) in [6.07, 6.45) is 1.13. The molecule has 4 heteroatoms. The lowest BCUT2D eigenvalue weighted by molar-refractivity contribution is 0.146. The molecule has 1 aliphatic carbocycles. The van der Waals surface area contributed by atoms with Crippen LogP contribution in [0.4, 0.5) is 8.78 Å². The molecule has 0 radical (unpaired) electrons. The zero-order valence-electron chi connectivity index (χ0n) is 8.42. The van der Waals surface area contributed by atoms with Crippen LogP contribution in [0.3, 0.4) is 0 Å². The second-order valence-corrected chi connectivity index (χ2v) is 4.22. The van der Waals surface area contributed by atoms with Gasteiger partial charge in [0.15, 0.2) is 0 Å². The van der Waals surface area contributed by atoms with Crippen molar-refractivity contribution in [2.24, 2.45) is 5.73 Å². The SMILES string of the molecule is NC1(CCc2cccc(C(F)F)n2)CC1. The Bertz CT molecular complexity index is 348. The Morgan fingerprint density at radius 3 is 2.73 bits per heavy atom. The van der Waals surface area contributed by atoms with E-state index < -0.39 is 6.43 Å². The van der Waals surface area contributed by atoms with Crippen molar-refractivity contribution in [3.63, 3.8) is 0 Å². The van der Waals surface area contributed by atoms with E-state index in [0.717, 1.165) is 19.3 Å². The molecule has 0 atom stereocenters. The highest BCUT2D eigenvalue weighted by atomic mass is 19.3. The fourth-order valence-corrected chi connectivity index (χ4v) is 1.55. The molecular formula is C11H14F2N2. The lowest BCUT2D eigenvalue weighted by atomic mass is 10.1. The lowest BCUT2D eigenvalue weighted by Gasteiger charge is -2.08. The Labute approximate surface area is 87.5 Å². The van der Waals surface area contributed by atoms with Gasteiger partial charge in [0.2, 0.25) is 0 Å². The van der Waals surface area contributed by atoms with Crippen LogP contribution in [0, 0.1) is 0 Å². The summed E-state index contributed by atoms with van der Waals surface area (Å²) in [5.74, 6) is 0. The number of rotatable bonds is 4. The van der Waals surface area contributed by atoms with Gasteiger partial charge in [-0.2, -0.15) is 0 Å². The average Bonchev–Trinajstić information content (AvgIpc) is 2.95. The van der Waals surface area contributed by atoms with Crippen LogP contribution < -0.4 is 5.73 Å². The van der Waals surface area contributed by atoms with Crippen LogP contribution in [0.1, 0.15) is 37.1 Å². The van der Waals surface area contributed by atoms with E-state index in [9.17, 15) is 8.78 Å². The van der Waals surface area contributed by atoms with E-state index in [1.54, 1.807) is 12.1 Å². The van der Waals surface area contributed by atoms with Gasteiger partial charge in [-0.3, -0.25) is 4.98 Å². The van der Waals surface area contributed by atoms with Crippen LogP contribution >= 0.6 is 0 Å². The molecule has 0 unspecified atom stereocenters. The largest absolute Gasteiger partial charge is 0.325 e. The van der Waals surface area contributed by atoms with E-state index in [0.29, 0.717) is 12.1 Å². The molecule has 1 aromatic rings. The summed E-state index contributed by atoms with van der Waals surface area (Å²) in [6, 6.07) is 4.75. The van der Waals surface area contributed by atoms with Gasteiger partial charge in [-0.05, 0) is 37.8 Å². The first kappa shape index (κ1) is 10.5. The van der Waals surface area contributed by atoms with Crippen molar-refractivity contribution in [2.75, 3.05) is 0 Å². The van der Waals surface area contributed by atoms with Crippen LogP contribution in [-0.4, -0.2) is 10.5 Å². The molecule has 1 fully saturated rings. The molecule has 1 saturated carbocycles. The van der Waals surface area contributed by atoms with E-state index in [4.69, 9.17) is 5.73 Å². The van der Waals surface area contributed by atoms with Gasteiger partial charge in [0.25, 0.3) is 6.43 Å². The molecule has 0 spiro atoms. The highest BCUT2D eigenvalue weighted by molar-refractivity contribution is 5.13. The zero-order chi connectivity index (χ0) is 10.9. The van der Waals surface area contributed by atoms with Gasteiger partial charge in [0.05, 0.1) is 0 Å². The maximum atomic E-state index is 12.3. The van der Waals surface area contributed by atoms with Crippen molar-refractivity contribution >= 4 is 0 Å². The van der Waals surface area contributed by atoms with Crippen LogP contribution in [0.2, 0.25) is 0 Å². The molecule has 2 N–H and O–H groups in total. The average molecular weight is 212 g/mol. The van der Waals surface area contributed by atoms with Gasteiger partial charge in [-0.1, -0.05) is 6.07 Å². The fourth-order valence-electron chi connectivity index (χ4n) is 1.55. The third kappa shape index (κ3) is 2.72. The van der Waals surface area contributed by atoms with Gasteiger partial charge in [0, 0.05) is 11.2 Å². The minimum atomic E-state index is -2.49. The second kappa shape index (κ2) is 3.85. The molecule has 2 nitrogen and oxygen atoms in total. The molecule has 15 heavy (non-hydrogen) atoms. The topological polar surface area (TPSA) is 38.9 Å². The van der Waals surface area contributed by atoms with E-state index in [-0.39, 0.29) is 11.2 Å². The molecule has 0 amide bonds. The number of aryl methyl sites for hydroxylation is 1. The summed E-state index contributed by atoms with van der Waals surface area (Å²) in [5, 5.41) is 0. The minimum absolute atomic E-state index is 0.0392. The predicted octanol–water partition coefficient (Wildman–Crippen LogP) is 2.44. The summed E-state index contributed by atoms with van der Waals surface area (Å²) in [5.41, 5.74) is 6.45. The minimum Gasteiger partial charge on any atom is -0.325 e. The highest BCUT2D eigenvalue weighted by Crippen LogP contribution is 2.36. The number of nitrogens with zero attached hydrogens (tertiary/aromatic N) is 1. The Morgan fingerprint density at radius 2 is 2.13 bits per heavy atom. The third-order valence-corrected chi connectivity index (χ3v) is 2.82. The monoisotopic (exact) mass is 212 g/mol. The first-order valence-corrected chi connectivity index (χ1v) is 5.12. The van der Waals surface area contributed by atoms with Gasteiger partial charge < -0.3 is 5.73 Å². The predicted molar refractivity (Wildman–Crippen MR) is 53.7 cm³/mol. The van der Waals surface area contributed by atoms with Crippen molar-refractivity contribution in [2.45, 2.75) is 37.6 Å². The molecule has 1 aliphatic rings. The molecule has 82 valence electrons. The number of aromatic nitrogens is 1. The summed E-state index contributed by atoms with van der Waals surface area (Å²) in [6.45, 7) is 0. The first-order valence-electron chi connectivity index (χ1n) is 5.12. The summed E-state index contributed by atoms with van der Waals surface area (Å²) in [4.78, 5) is 3.90. The van der Waals surface area contributed by atoms with E-state index in [2.05, 4.69) is 4.98 Å². The van der Waals surface area contributed by atoms with Crippen LogP contribution in [0.25, 0.3) is 0 Å². The van der Waals surface area contributed by atoms with Crippen molar-refractivity contribution in [3.05, 3.63) is 29.6 Å². The van der Waals surface area contributed by atoms with E-state index in [1.807, 2.05) is 0 Å². The van der Waals surface area contributed by atoms with Gasteiger partial charge >= 0.3 is 0 Å². The van der Waals surface area contributed by atoms with Crippen molar-refractivity contribution < 1.29 is 8.78 Å². The standard InChI is InChI=1S/C11H14F2N2/c12-10(13)9-3-1-2-8(15-9)4-5-11(14)6-7-11/h1-3,10H,4-7,14H2. The molecule has 0 saturated heterocycles. The molecule has 0 aliphatic heterocycles. The van der Waals surface area contributed by atoms with Gasteiger partial charge in [-0.15, -0.1) is 0 Å². The number of hydrogen-bond donors (Lipinski definition) is 1. The Kier molecular flexibility index (Phi) is 2.69. The van der Waals surface area contributed by atoms with Crippen LogP contribution in [0.15, 0.2) is 18.2 Å². The highest BCUT2D eigenvalue weighted by Gasteiger charge is 2.37. The Hall–Kier alpha value is -1.03. The maximum absolute atomic E-state index is 12.3. The van der Waals surface area contributed by atoms with Crippen LogP contribution in [-0.2, 0) is 6.42 Å². The molecular weight excluding hydrogens is 198 g/mol. The molecule has 0 aromatic carbocycles. The number of alkyl halides is 2. The fraction of sp³-hybridized carbons (Fsp3) is 0.545. The smallest absolute Gasteiger partial charge is 0.280 e. The first-order chi connectivity index (χ1) is 7.09. The summed E-state index contributed by atoms with van der Waals surface area (Å²) >= 11 is 0. The molecule has 2 rings (SSSR count). The molecule has 0 bridgehead atoms. The number of hydrogen-bond acceptors (Lipinski definition) is 2. The zero-order valence-corrected chi connectivity index (χ0v) is 8.42. The molecule has 1 aromatic heterocycles. The Balaban J connectivity index is 1.98. The van der Waals surface area contributed by atoms with Gasteiger partial charge in [-0.25, -0.2) is 8.78 Å². The summed E-state index contributed by atoms with van der Waals surface area (Å²) in [7, 11) is 0.